The van der Waals surface area contributed by atoms with Crippen LogP contribution in [0.5, 0.6) is 5.75 Å². The Morgan fingerprint density at radius 2 is 1.90 bits per heavy atom. The molecule has 150 valence electrons. The van der Waals surface area contributed by atoms with Gasteiger partial charge in [0.2, 0.25) is 0 Å². The van der Waals surface area contributed by atoms with Crippen molar-refractivity contribution >= 4 is 17.1 Å². The molecule has 0 bridgehead atoms. The normalized spacial score (nSPS) is 15.4. The van der Waals surface area contributed by atoms with E-state index in [1.807, 2.05) is 62.4 Å². The Kier molecular flexibility index (Phi) is 5.74. The second-order valence-electron chi connectivity index (χ2n) is 7.92. The predicted octanol–water partition coefficient (Wildman–Crippen LogP) is 5.11. The second-order valence-corrected chi connectivity index (χ2v) is 7.92. The first-order valence-corrected chi connectivity index (χ1v) is 10.4. The minimum Gasteiger partial charge on any atom is -0.491 e. The first-order chi connectivity index (χ1) is 14.1. The van der Waals surface area contributed by atoms with Gasteiger partial charge in [0.05, 0.1) is 23.2 Å². The van der Waals surface area contributed by atoms with Crippen LogP contribution >= 0.6 is 0 Å². The predicted molar refractivity (Wildman–Crippen MR) is 117 cm³/mol. The van der Waals surface area contributed by atoms with E-state index in [2.05, 4.69) is 5.10 Å². The molecule has 0 aliphatic heterocycles. The maximum absolute atomic E-state index is 13.2. The molecule has 1 saturated carbocycles. The zero-order valence-corrected chi connectivity index (χ0v) is 17.0. The fraction of sp³-hybridized carbons (Fsp3) is 0.375. The summed E-state index contributed by atoms with van der Waals surface area (Å²) in [6, 6.07) is 15.3. The molecular weight excluding hydrogens is 362 g/mol. The molecule has 0 saturated heterocycles. The lowest BCUT2D eigenvalue weighted by molar-refractivity contribution is 0.242. The van der Waals surface area contributed by atoms with Gasteiger partial charge in [0.1, 0.15) is 11.6 Å². The molecule has 0 amide bonds. The smallest absolute Gasteiger partial charge is 0.282 e. The maximum atomic E-state index is 13.2. The molecular formula is C24H27N3O2. The molecule has 2 aromatic carbocycles. The Labute approximate surface area is 171 Å². The molecule has 1 heterocycles. The summed E-state index contributed by atoms with van der Waals surface area (Å²) < 4.78 is 7.27. The second kappa shape index (κ2) is 8.60. The minimum absolute atomic E-state index is 0.104. The number of benzene rings is 2. The molecule has 0 unspecified atom stereocenters. The van der Waals surface area contributed by atoms with E-state index in [0.717, 1.165) is 35.5 Å². The first-order valence-electron chi connectivity index (χ1n) is 10.4. The fourth-order valence-electron chi connectivity index (χ4n) is 3.94. The van der Waals surface area contributed by atoms with E-state index in [4.69, 9.17) is 9.72 Å². The van der Waals surface area contributed by atoms with E-state index in [1.54, 1.807) is 6.21 Å². The zero-order valence-electron chi connectivity index (χ0n) is 17.0. The monoisotopic (exact) mass is 389 g/mol. The standard InChI is InChI=1S/C24H27N3O2/c1-17(2)29-20-12-8-9-18(15-20)16-25-27-23(19-10-4-3-5-11-19)26-22-14-7-6-13-21(22)24(27)28/h6-9,12-17,19H,3-5,10-11H2,1-2H3. The average Bonchev–Trinajstić information content (AvgIpc) is 2.73. The fourth-order valence-corrected chi connectivity index (χ4v) is 3.94. The highest BCUT2D eigenvalue weighted by Gasteiger charge is 2.22. The van der Waals surface area contributed by atoms with Crippen molar-refractivity contribution < 1.29 is 4.74 Å². The molecule has 0 spiro atoms. The minimum atomic E-state index is -0.109. The molecule has 1 aliphatic carbocycles. The van der Waals surface area contributed by atoms with Crippen LogP contribution in [0.15, 0.2) is 58.4 Å². The van der Waals surface area contributed by atoms with Gasteiger partial charge in [0.15, 0.2) is 0 Å². The van der Waals surface area contributed by atoms with E-state index in [9.17, 15) is 4.79 Å². The van der Waals surface area contributed by atoms with Crippen molar-refractivity contribution in [3.05, 3.63) is 70.3 Å². The summed E-state index contributed by atoms with van der Waals surface area (Å²) in [5.41, 5.74) is 1.52. The van der Waals surface area contributed by atoms with E-state index in [0.29, 0.717) is 5.39 Å². The highest BCUT2D eigenvalue weighted by atomic mass is 16.5. The van der Waals surface area contributed by atoms with Gasteiger partial charge < -0.3 is 4.74 Å². The van der Waals surface area contributed by atoms with Gasteiger partial charge in [-0.1, -0.05) is 43.5 Å². The molecule has 5 heteroatoms. The van der Waals surface area contributed by atoms with Crippen molar-refractivity contribution in [3.8, 4) is 5.75 Å². The van der Waals surface area contributed by atoms with Crippen LogP contribution in [0, 0.1) is 0 Å². The summed E-state index contributed by atoms with van der Waals surface area (Å²) in [5.74, 6) is 1.84. The van der Waals surface area contributed by atoms with Crippen LogP contribution in [-0.2, 0) is 0 Å². The molecule has 5 nitrogen and oxygen atoms in total. The summed E-state index contributed by atoms with van der Waals surface area (Å²) in [5, 5.41) is 5.18. The Bertz CT molecular complexity index is 1080. The van der Waals surface area contributed by atoms with Crippen molar-refractivity contribution in [1.29, 1.82) is 0 Å². The van der Waals surface area contributed by atoms with Crippen LogP contribution in [0.1, 0.15) is 63.3 Å². The molecule has 0 atom stereocenters. The zero-order chi connectivity index (χ0) is 20.2. The van der Waals surface area contributed by atoms with Crippen LogP contribution in [0.3, 0.4) is 0 Å². The highest BCUT2D eigenvalue weighted by Crippen LogP contribution is 2.31. The Balaban J connectivity index is 1.76. The van der Waals surface area contributed by atoms with Gasteiger partial charge in [-0.3, -0.25) is 4.79 Å². The number of para-hydroxylation sites is 1. The third kappa shape index (κ3) is 4.39. The van der Waals surface area contributed by atoms with E-state index in [1.165, 1.54) is 23.9 Å². The molecule has 3 aromatic rings. The molecule has 0 radical (unpaired) electrons. The number of nitrogens with zero attached hydrogens (tertiary/aromatic N) is 3. The molecule has 29 heavy (non-hydrogen) atoms. The van der Waals surface area contributed by atoms with Gasteiger partial charge in [-0.25, -0.2) is 4.98 Å². The van der Waals surface area contributed by atoms with E-state index < -0.39 is 0 Å². The van der Waals surface area contributed by atoms with Crippen molar-refractivity contribution in [2.75, 3.05) is 0 Å². The van der Waals surface area contributed by atoms with Gasteiger partial charge >= 0.3 is 0 Å². The SMILES string of the molecule is CC(C)Oc1cccc(C=Nn2c(C3CCCCC3)nc3ccccc3c2=O)c1. The average molecular weight is 389 g/mol. The third-order valence-electron chi connectivity index (χ3n) is 5.30. The molecule has 1 aliphatic rings. The van der Waals surface area contributed by atoms with Crippen molar-refractivity contribution in [2.24, 2.45) is 5.10 Å². The summed E-state index contributed by atoms with van der Waals surface area (Å²) in [6.45, 7) is 4.00. The van der Waals surface area contributed by atoms with Gasteiger partial charge in [-0.2, -0.15) is 9.78 Å². The largest absolute Gasteiger partial charge is 0.491 e. The number of aromatic nitrogens is 2. The van der Waals surface area contributed by atoms with Crippen LogP contribution in [0.4, 0.5) is 0 Å². The topological polar surface area (TPSA) is 56.5 Å². The quantitative estimate of drug-likeness (QED) is 0.570. The van der Waals surface area contributed by atoms with Crippen molar-refractivity contribution in [1.82, 2.24) is 9.66 Å². The Hall–Kier alpha value is -2.95. The number of hydrogen-bond donors (Lipinski definition) is 0. The molecule has 4 rings (SSSR count). The number of fused-ring (bicyclic) bond motifs is 1. The van der Waals surface area contributed by atoms with Crippen LogP contribution in [0.25, 0.3) is 10.9 Å². The Morgan fingerprint density at radius 1 is 1.10 bits per heavy atom. The van der Waals surface area contributed by atoms with Crippen LogP contribution in [0.2, 0.25) is 0 Å². The summed E-state index contributed by atoms with van der Waals surface area (Å²) >= 11 is 0. The number of hydrogen-bond acceptors (Lipinski definition) is 4. The van der Waals surface area contributed by atoms with Crippen LogP contribution in [-0.4, -0.2) is 22.0 Å². The van der Waals surface area contributed by atoms with Crippen LogP contribution < -0.4 is 10.3 Å². The summed E-state index contributed by atoms with van der Waals surface area (Å²) in [4.78, 5) is 18.1. The van der Waals surface area contributed by atoms with E-state index >= 15 is 0 Å². The lowest BCUT2D eigenvalue weighted by atomic mass is 9.88. The number of rotatable bonds is 5. The molecule has 1 aromatic heterocycles. The molecule has 0 N–H and O–H groups in total. The highest BCUT2D eigenvalue weighted by molar-refractivity contribution is 5.81. The molecule has 1 fully saturated rings. The van der Waals surface area contributed by atoms with Gasteiger partial charge in [0, 0.05) is 5.92 Å². The lowest BCUT2D eigenvalue weighted by Crippen LogP contribution is -2.25. The first kappa shape index (κ1) is 19.4. The van der Waals surface area contributed by atoms with Gasteiger partial charge in [-0.05, 0) is 56.5 Å². The Morgan fingerprint density at radius 3 is 2.69 bits per heavy atom. The summed E-state index contributed by atoms with van der Waals surface area (Å²) in [6.07, 6.45) is 7.53. The lowest BCUT2D eigenvalue weighted by Gasteiger charge is -2.22. The van der Waals surface area contributed by atoms with Gasteiger partial charge in [0.25, 0.3) is 5.56 Å². The summed E-state index contributed by atoms with van der Waals surface area (Å²) in [7, 11) is 0. The number of ether oxygens (including phenoxy) is 1. The van der Waals surface area contributed by atoms with Gasteiger partial charge in [-0.15, -0.1) is 0 Å². The van der Waals surface area contributed by atoms with E-state index in [-0.39, 0.29) is 17.6 Å². The van der Waals surface area contributed by atoms with Crippen molar-refractivity contribution in [3.63, 3.8) is 0 Å². The van der Waals surface area contributed by atoms with Crippen molar-refractivity contribution in [2.45, 2.75) is 58.0 Å². The third-order valence-corrected chi connectivity index (χ3v) is 5.30. The maximum Gasteiger partial charge on any atom is 0.282 e.